The van der Waals surface area contributed by atoms with E-state index in [4.69, 9.17) is 0 Å². The quantitative estimate of drug-likeness (QED) is 0.520. The van der Waals surface area contributed by atoms with Crippen LogP contribution < -0.4 is 0 Å². The monoisotopic (exact) mass is 170 g/mol. The third kappa shape index (κ3) is 0.827. The molecule has 0 aliphatic rings. The van der Waals surface area contributed by atoms with Crippen LogP contribution in [0.15, 0.2) is 30.6 Å². The summed E-state index contributed by atoms with van der Waals surface area (Å²) < 4.78 is 0. The van der Waals surface area contributed by atoms with Crippen molar-refractivity contribution in [2.75, 3.05) is 0 Å². The van der Waals surface area contributed by atoms with E-state index in [-0.39, 0.29) is 0 Å². The molecule has 2 aromatic heterocycles. The maximum absolute atomic E-state index is 3.26. The van der Waals surface area contributed by atoms with E-state index in [9.17, 15) is 0 Å². The second kappa shape index (κ2) is 2.16. The number of nitrogens with one attached hydrogen (secondary N) is 2. The first kappa shape index (κ1) is 6.78. The predicted octanol–water partition coefficient (Wildman–Crippen LogP) is 2.96. The van der Waals surface area contributed by atoms with E-state index < -0.39 is 0 Å². The predicted molar refractivity (Wildman–Crippen MR) is 54.9 cm³/mol. The Morgan fingerprint density at radius 2 is 2.00 bits per heavy atom. The molecule has 13 heavy (non-hydrogen) atoms. The fraction of sp³-hybridized carbons (Fsp3) is 0.0909. The molecule has 2 nitrogen and oxygen atoms in total. The van der Waals surface area contributed by atoms with Crippen molar-refractivity contribution in [2.24, 2.45) is 0 Å². The van der Waals surface area contributed by atoms with Gasteiger partial charge in [0.15, 0.2) is 0 Å². The minimum atomic E-state index is 1.20. The van der Waals surface area contributed by atoms with Crippen molar-refractivity contribution in [3.63, 3.8) is 0 Å². The van der Waals surface area contributed by atoms with Gasteiger partial charge in [-0.15, -0.1) is 0 Å². The summed E-state index contributed by atoms with van der Waals surface area (Å²) in [7, 11) is 0. The van der Waals surface area contributed by atoms with Crippen LogP contribution in [0.1, 0.15) is 5.56 Å². The van der Waals surface area contributed by atoms with Gasteiger partial charge in [-0.25, -0.2) is 0 Å². The summed E-state index contributed by atoms with van der Waals surface area (Å²) in [5.41, 5.74) is 3.71. The Kier molecular flexibility index (Phi) is 1.13. The molecule has 3 aromatic rings. The second-order valence-corrected chi connectivity index (χ2v) is 3.43. The van der Waals surface area contributed by atoms with Crippen LogP contribution in [-0.2, 0) is 0 Å². The lowest BCUT2D eigenvalue weighted by Gasteiger charge is -1.92. The smallest absolute Gasteiger partial charge is 0.0464 e. The Labute approximate surface area is 75.6 Å². The van der Waals surface area contributed by atoms with Gasteiger partial charge >= 0.3 is 0 Å². The highest BCUT2D eigenvalue weighted by Gasteiger charge is 2.01. The summed E-state index contributed by atoms with van der Waals surface area (Å²) >= 11 is 0. The van der Waals surface area contributed by atoms with E-state index in [1.165, 1.54) is 27.4 Å². The van der Waals surface area contributed by atoms with Crippen molar-refractivity contribution in [2.45, 2.75) is 6.92 Å². The molecule has 1 aromatic carbocycles. The molecule has 0 aliphatic heterocycles. The molecule has 0 aliphatic carbocycles. The van der Waals surface area contributed by atoms with Crippen LogP contribution in [0.3, 0.4) is 0 Å². The molecule has 3 rings (SSSR count). The molecule has 2 N–H and O–H groups in total. The highest BCUT2D eigenvalue weighted by atomic mass is 14.7. The number of rotatable bonds is 0. The SMILES string of the molecule is Cc1c[nH]c2cc3cc[nH]c3cc12. The number of benzene rings is 1. The van der Waals surface area contributed by atoms with Gasteiger partial charge < -0.3 is 9.97 Å². The van der Waals surface area contributed by atoms with E-state index in [1.54, 1.807) is 0 Å². The first-order valence-corrected chi connectivity index (χ1v) is 4.39. The number of fused-ring (bicyclic) bond motifs is 2. The summed E-state index contributed by atoms with van der Waals surface area (Å²) in [6.07, 6.45) is 4.02. The van der Waals surface area contributed by atoms with E-state index in [0.717, 1.165) is 0 Å². The Bertz CT molecular complexity index is 572. The van der Waals surface area contributed by atoms with Gasteiger partial charge in [-0.2, -0.15) is 0 Å². The third-order valence-electron chi connectivity index (χ3n) is 2.56. The fourth-order valence-corrected chi connectivity index (χ4v) is 1.81. The number of hydrogen-bond donors (Lipinski definition) is 2. The first-order valence-electron chi connectivity index (χ1n) is 4.39. The Morgan fingerprint density at radius 1 is 1.08 bits per heavy atom. The van der Waals surface area contributed by atoms with Crippen molar-refractivity contribution in [3.05, 3.63) is 36.2 Å². The maximum Gasteiger partial charge on any atom is 0.0464 e. The minimum Gasteiger partial charge on any atom is -0.361 e. The zero-order valence-corrected chi connectivity index (χ0v) is 7.39. The lowest BCUT2D eigenvalue weighted by molar-refractivity contribution is 1.43. The average Bonchev–Trinajstić information content (AvgIpc) is 2.70. The Balaban J connectivity index is 2.59. The maximum atomic E-state index is 3.26. The van der Waals surface area contributed by atoms with Crippen LogP contribution in [0.2, 0.25) is 0 Å². The van der Waals surface area contributed by atoms with Gasteiger partial charge in [0.25, 0.3) is 0 Å². The van der Waals surface area contributed by atoms with Crippen LogP contribution >= 0.6 is 0 Å². The molecular weight excluding hydrogens is 160 g/mol. The van der Waals surface area contributed by atoms with Crippen LogP contribution in [0.5, 0.6) is 0 Å². The number of H-pyrrole nitrogens is 2. The topological polar surface area (TPSA) is 31.6 Å². The van der Waals surface area contributed by atoms with Crippen molar-refractivity contribution >= 4 is 21.8 Å². The molecule has 0 fully saturated rings. The summed E-state index contributed by atoms with van der Waals surface area (Å²) in [5, 5.41) is 2.56. The molecule has 0 spiro atoms. The molecule has 2 heteroatoms. The van der Waals surface area contributed by atoms with Gasteiger partial charge in [-0.1, -0.05) is 0 Å². The van der Waals surface area contributed by atoms with Gasteiger partial charge in [0.05, 0.1) is 0 Å². The highest BCUT2D eigenvalue weighted by molar-refractivity contribution is 5.96. The minimum absolute atomic E-state index is 1.20. The van der Waals surface area contributed by atoms with Crippen LogP contribution in [-0.4, -0.2) is 9.97 Å². The second-order valence-electron chi connectivity index (χ2n) is 3.43. The van der Waals surface area contributed by atoms with Gasteiger partial charge in [-0.05, 0) is 30.7 Å². The van der Waals surface area contributed by atoms with Crippen LogP contribution in [0.4, 0.5) is 0 Å². The van der Waals surface area contributed by atoms with Crippen LogP contribution in [0.25, 0.3) is 21.8 Å². The number of hydrogen-bond acceptors (Lipinski definition) is 0. The molecule has 0 radical (unpaired) electrons. The molecule has 0 unspecified atom stereocenters. The molecule has 64 valence electrons. The molecule has 0 amide bonds. The molecule has 0 bridgehead atoms. The normalized spacial score (nSPS) is 11.5. The Morgan fingerprint density at radius 3 is 2.92 bits per heavy atom. The zero-order chi connectivity index (χ0) is 8.84. The number of aromatic amines is 2. The van der Waals surface area contributed by atoms with Crippen molar-refractivity contribution in [1.82, 2.24) is 9.97 Å². The van der Waals surface area contributed by atoms with Crippen molar-refractivity contribution in [1.29, 1.82) is 0 Å². The van der Waals surface area contributed by atoms with E-state index >= 15 is 0 Å². The van der Waals surface area contributed by atoms with E-state index in [0.29, 0.717) is 0 Å². The standard InChI is InChI=1S/C11H10N2/c1-7-6-13-11-4-8-2-3-12-10(8)5-9(7)11/h2-6,12-13H,1H3. The third-order valence-corrected chi connectivity index (χ3v) is 2.56. The molecule has 2 heterocycles. The van der Waals surface area contributed by atoms with Gasteiger partial charge in [0, 0.05) is 34.2 Å². The number of aryl methyl sites for hydroxylation is 1. The first-order chi connectivity index (χ1) is 6.34. The van der Waals surface area contributed by atoms with E-state index in [2.05, 4.69) is 35.1 Å². The molecule has 0 saturated heterocycles. The highest BCUT2D eigenvalue weighted by Crippen LogP contribution is 2.23. The summed E-state index contributed by atoms with van der Waals surface area (Å²) in [6.45, 7) is 2.12. The lowest BCUT2D eigenvalue weighted by Crippen LogP contribution is -1.71. The fourth-order valence-electron chi connectivity index (χ4n) is 1.81. The van der Waals surface area contributed by atoms with Crippen LogP contribution in [0, 0.1) is 6.92 Å². The summed E-state index contributed by atoms with van der Waals surface area (Å²) in [6, 6.07) is 6.45. The molecule has 0 saturated carbocycles. The van der Waals surface area contributed by atoms with Crippen molar-refractivity contribution < 1.29 is 0 Å². The largest absolute Gasteiger partial charge is 0.361 e. The number of aromatic nitrogens is 2. The van der Waals surface area contributed by atoms with Gasteiger partial charge in [0.1, 0.15) is 0 Å². The molecular formula is C11H10N2. The van der Waals surface area contributed by atoms with Gasteiger partial charge in [-0.3, -0.25) is 0 Å². The zero-order valence-electron chi connectivity index (χ0n) is 7.39. The van der Waals surface area contributed by atoms with Crippen molar-refractivity contribution in [3.8, 4) is 0 Å². The summed E-state index contributed by atoms with van der Waals surface area (Å²) in [4.78, 5) is 6.47. The molecule has 0 atom stereocenters. The lowest BCUT2D eigenvalue weighted by atomic mass is 10.1. The van der Waals surface area contributed by atoms with Gasteiger partial charge in [0.2, 0.25) is 0 Å². The average molecular weight is 170 g/mol. The Hall–Kier alpha value is -1.70. The van der Waals surface area contributed by atoms with E-state index in [1.807, 2.05) is 12.4 Å². The summed E-state index contributed by atoms with van der Waals surface area (Å²) in [5.74, 6) is 0.